The summed E-state index contributed by atoms with van der Waals surface area (Å²) in [7, 11) is 0. The van der Waals surface area contributed by atoms with Crippen LogP contribution in [0, 0.1) is 5.92 Å². The van der Waals surface area contributed by atoms with E-state index >= 15 is 0 Å². The molecule has 0 spiro atoms. The minimum absolute atomic E-state index is 0.327. The van der Waals surface area contributed by atoms with Crippen molar-refractivity contribution in [1.29, 1.82) is 0 Å². The quantitative estimate of drug-likeness (QED) is 0.776. The van der Waals surface area contributed by atoms with Gasteiger partial charge >= 0.3 is 0 Å². The van der Waals surface area contributed by atoms with Gasteiger partial charge in [0.25, 0.3) is 0 Å². The number of imidazole rings is 1. The minimum Gasteiger partial charge on any atom is -0.342 e. The smallest absolute Gasteiger partial charge is 0.222 e. The van der Waals surface area contributed by atoms with Crippen molar-refractivity contribution in [3.8, 4) is 0 Å². The molecule has 1 saturated heterocycles. The number of carbonyl (C=O) groups excluding carboxylic acids is 1. The van der Waals surface area contributed by atoms with E-state index < -0.39 is 0 Å². The van der Waals surface area contributed by atoms with Crippen LogP contribution in [0.5, 0.6) is 0 Å². The summed E-state index contributed by atoms with van der Waals surface area (Å²) < 4.78 is 2.19. The summed E-state index contributed by atoms with van der Waals surface area (Å²) in [5.41, 5.74) is 1.04. The molecule has 3 heterocycles. The molecular formula is C22H30N4O. The Morgan fingerprint density at radius 2 is 1.96 bits per heavy atom. The molecule has 5 nitrogen and oxygen atoms in total. The summed E-state index contributed by atoms with van der Waals surface area (Å²) in [5.74, 6) is 2.54. The Labute approximate surface area is 161 Å². The molecule has 2 aromatic heterocycles. The lowest BCUT2D eigenvalue weighted by atomic mass is 9.95. The molecule has 2 aliphatic rings. The van der Waals surface area contributed by atoms with Gasteiger partial charge in [0.1, 0.15) is 5.82 Å². The van der Waals surface area contributed by atoms with E-state index in [1.165, 1.54) is 25.7 Å². The fourth-order valence-corrected chi connectivity index (χ4v) is 4.68. The van der Waals surface area contributed by atoms with Gasteiger partial charge in [-0.2, -0.15) is 0 Å². The number of amides is 1. The van der Waals surface area contributed by atoms with Crippen LogP contribution in [0.25, 0.3) is 0 Å². The first-order valence-corrected chi connectivity index (χ1v) is 10.5. The highest BCUT2D eigenvalue weighted by Crippen LogP contribution is 2.30. The van der Waals surface area contributed by atoms with Crippen LogP contribution in [0.2, 0.25) is 0 Å². The highest BCUT2D eigenvalue weighted by atomic mass is 16.2. The van der Waals surface area contributed by atoms with Gasteiger partial charge in [-0.15, -0.1) is 0 Å². The summed E-state index contributed by atoms with van der Waals surface area (Å²) in [4.78, 5) is 23.9. The second-order valence-corrected chi connectivity index (χ2v) is 8.10. The van der Waals surface area contributed by atoms with E-state index in [1.54, 1.807) is 0 Å². The average molecular weight is 367 g/mol. The SMILES string of the molecule is O=C(CCC1CCCC1)N1CCC[C@H](c2nccn2Cc2ccccn2)C1. The van der Waals surface area contributed by atoms with Gasteiger partial charge in [0, 0.05) is 44.0 Å². The number of pyridine rings is 1. The van der Waals surface area contributed by atoms with Gasteiger partial charge in [0.15, 0.2) is 0 Å². The van der Waals surface area contributed by atoms with Gasteiger partial charge in [0.2, 0.25) is 5.91 Å². The molecular weight excluding hydrogens is 336 g/mol. The molecule has 5 heteroatoms. The van der Waals surface area contributed by atoms with E-state index in [2.05, 4.69) is 19.4 Å². The van der Waals surface area contributed by atoms with Crippen molar-refractivity contribution in [2.45, 2.75) is 63.8 Å². The van der Waals surface area contributed by atoms with Gasteiger partial charge in [-0.1, -0.05) is 31.7 Å². The molecule has 27 heavy (non-hydrogen) atoms. The van der Waals surface area contributed by atoms with Crippen LogP contribution in [-0.4, -0.2) is 38.4 Å². The van der Waals surface area contributed by atoms with E-state index in [-0.39, 0.29) is 0 Å². The van der Waals surface area contributed by atoms with E-state index in [9.17, 15) is 4.79 Å². The normalized spacial score (nSPS) is 20.9. The molecule has 0 aromatic carbocycles. The summed E-state index contributed by atoms with van der Waals surface area (Å²) >= 11 is 0. The van der Waals surface area contributed by atoms with Crippen molar-refractivity contribution >= 4 is 5.91 Å². The number of aromatic nitrogens is 3. The van der Waals surface area contributed by atoms with Crippen LogP contribution < -0.4 is 0 Å². The topological polar surface area (TPSA) is 51.0 Å². The largest absolute Gasteiger partial charge is 0.342 e. The zero-order valence-electron chi connectivity index (χ0n) is 16.1. The molecule has 1 aliphatic heterocycles. The van der Waals surface area contributed by atoms with Gasteiger partial charge in [-0.05, 0) is 37.3 Å². The molecule has 4 rings (SSSR count). The zero-order valence-corrected chi connectivity index (χ0v) is 16.1. The molecule has 1 saturated carbocycles. The fourth-order valence-electron chi connectivity index (χ4n) is 4.68. The van der Waals surface area contributed by atoms with Gasteiger partial charge < -0.3 is 9.47 Å². The molecule has 2 fully saturated rings. The molecule has 0 unspecified atom stereocenters. The van der Waals surface area contributed by atoms with Crippen molar-refractivity contribution in [3.63, 3.8) is 0 Å². The number of rotatable bonds is 6. The summed E-state index contributed by atoms with van der Waals surface area (Å²) in [6.45, 7) is 2.45. The standard InChI is InChI=1S/C22H30N4O/c27-21(11-10-18-6-1-2-7-18)25-14-5-8-19(16-25)22-24-13-15-26(22)17-20-9-3-4-12-23-20/h3-4,9,12-13,15,18-19H,1-2,5-8,10-11,14,16-17H2/t19-/m0/s1. The monoisotopic (exact) mass is 366 g/mol. The maximum Gasteiger partial charge on any atom is 0.222 e. The first kappa shape index (κ1) is 18.2. The number of hydrogen-bond donors (Lipinski definition) is 0. The Balaban J connectivity index is 1.37. The van der Waals surface area contributed by atoms with Crippen molar-refractivity contribution in [2.24, 2.45) is 5.92 Å². The second-order valence-electron chi connectivity index (χ2n) is 8.10. The van der Waals surface area contributed by atoms with E-state index in [0.29, 0.717) is 11.8 Å². The predicted molar refractivity (Wildman–Crippen MR) is 105 cm³/mol. The third kappa shape index (κ3) is 4.57. The van der Waals surface area contributed by atoms with Gasteiger partial charge in [-0.3, -0.25) is 9.78 Å². The van der Waals surface area contributed by atoms with Crippen LogP contribution in [0.1, 0.15) is 68.8 Å². The third-order valence-corrected chi connectivity index (χ3v) is 6.19. The number of piperidine rings is 1. The molecule has 1 aliphatic carbocycles. The number of nitrogens with zero attached hydrogens (tertiary/aromatic N) is 4. The molecule has 0 bridgehead atoms. The minimum atomic E-state index is 0.327. The van der Waals surface area contributed by atoms with Crippen LogP contribution in [0.4, 0.5) is 0 Å². The average Bonchev–Trinajstić information content (AvgIpc) is 3.39. The van der Waals surface area contributed by atoms with E-state index in [0.717, 1.165) is 62.8 Å². The molecule has 1 atom stereocenters. The van der Waals surface area contributed by atoms with Crippen molar-refractivity contribution in [3.05, 3.63) is 48.3 Å². The van der Waals surface area contributed by atoms with Crippen LogP contribution in [-0.2, 0) is 11.3 Å². The fraction of sp³-hybridized carbons (Fsp3) is 0.591. The highest BCUT2D eigenvalue weighted by molar-refractivity contribution is 5.76. The molecule has 2 aromatic rings. The predicted octanol–water partition coefficient (Wildman–Crippen LogP) is 4.00. The first-order chi connectivity index (χ1) is 13.3. The molecule has 0 N–H and O–H groups in total. The number of carbonyl (C=O) groups is 1. The Kier molecular flexibility index (Phi) is 5.85. The Hall–Kier alpha value is -2.17. The lowest BCUT2D eigenvalue weighted by molar-refractivity contribution is -0.132. The number of likely N-dealkylation sites (tertiary alicyclic amines) is 1. The second kappa shape index (κ2) is 8.68. The maximum absolute atomic E-state index is 12.7. The summed E-state index contributed by atoms with van der Waals surface area (Å²) in [6.07, 6.45) is 15.0. The third-order valence-electron chi connectivity index (χ3n) is 6.19. The summed E-state index contributed by atoms with van der Waals surface area (Å²) in [5, 5.41) is 0. The Morgan fingerprint density at radius 3 is 2.78 bits per heavy atom. The van der Waals surface area contributed by atoms with Crippen molar-refractivity contribution < 1.29 is 4.79 Å². The van der Waals surface area contributed by atoms with E-state index in [4.69, 9.17) is 0 Å². The van der Waals surface area contributed by atoms with Crippen LogP contribution in [0.3, 0.4) is 0 Å². The lowest BCUT2D eigenvalue weighted by Crippen LogP contribution is -2.39. The highest BCUT2D eigenvalue weighted by Gasteiger charge is 2.28. The van der Waals surface area contributed by atoms with Gasteiger partial charge in [0.05, 0.1) is 12.2 Å². The van der Waals surface area contributed by atoms with Crippen LogP contribution in [0.15, 0.2) is 36.8 Å². The maximum atomic E-state index is 12.7. The zero-order chi connectivity index (χ0) is 18.5. The molecule has 0 radical (unpaired) electrons. The van der Waals surface area contributed by atoms with Crippen molar-refractivity contribution in [2.75, 3.05) is 13.1 Å². The molecule has 1 amide bonds. The lowest BCUT2D eigenvalue weighted by Gasteiger charge is -2.33. The van der Waals surface area contributed by atoms with Gasteiger partial charge in [-0.25, -0.2) is 4.98 Å². The Bertz CT molecular complexity index is 736. The summed E-state index contributed by atoms with van der Waals surface area (Å²) in [6, 6.07) is 6.00. The van der Waals surface area contributed by atoms with E-state index in [1.807, 2.05) is 36.8 Å². The first-order valence-electron chi connectivity index (χ1n) is 10.5. The molecule has 144 valence electrons. The van der Waals surface area contributed by atoms with Crippen LogP contribution >= 0.6 is 0 Å². The Morgan fingerprint density at radius 1 is 1.07 bits per heavy atom. The van der Waals surface area contributed by atoms with Crippen molar-refractivity contribution in [1.82, 2.24) is 19.4 Å². The number of hydrogen-bond acceptors (Lipinski definition) is 3.